The van der Waals surface area contributed by atoms with Crippen LogP contribution in [-0.2, 0) is 19.0 Å². The van der Waals surface area contributed by atoms with Gasteiger partial charge in [0.1, 0.15) is 0 Å². The van der Waals surface area contributed by atoms with Crippen LogP contribution in [0.5, 0.6) is 0 Å². The van der Waals surface area contributed by atoms with Crippen LogP contribution in [0.25, 0.3) is 0 Å². The second-order valence-corrected chi connectivity index (χ2v) is 10.1. The summed E-state index contributed by atoms with van der Waals surface area (Å²) in [6, 6.07) is 0. The summed E-state index contributed by atoms with van der Waals surface area (Å²) in [4.78, 5) is 10.8. The van der Waals surface area contributed by atoms with Gasteiger partial charge in [-0.1, -0.05) is 13.3 Å². The smallest absolute Gasteiger partial charge is 0.426 e. The Bertz CT molecular complexity index is 626. The fourth-order valence-electron chi connectivity index (χ4n) is 5.02. The van der Waals surface area contributed by atoms with Crippen molar-refractivity contribution in [3.63, 3.8) is 0 Å². The number of hydrogen-bond acceptors (Lipinski definition) is 4. The Morgan fingerprint density at radius 2 is 1.61 bits per heavy atom. The second kappa shape index (κ2) is 10.7. The van der Waals surface area contributed by atoms with Crippen molar-refractivity contribution in [1.82, 2.24) is 0 Å². The van der Waals surface area contributed by atoms with Crippen molar-refractivity contribution < 1.29 is 45.3 Å². The molecule has 4 unspecified atom stereocenters. The molecule has 3 rings (SSSR count). The largest absolute Gasteiger partial charge is 0.469 e. The van der Waals surface area contributed by atoms with E-state index >= 15 is 0 Å². The van der Waals surface area contributed by atoms with E-state index < -0.39 is 36.6 Å². The molecule has 3 fully saturated rings. The van der Waals surface area contributed by atoms with Crippen LogP contribution in [-0.4, -0.2) is 43.9 Å². The molecule has 0 aromatic rings. The summed E-state index contributed by atoms with van der Waals surface area (Å²) >= 11 is 0. The minimum Gasteiger partial charge on any atom is -0.469 e. The minimum absolute atomic E-state index is 0.0463. The average Bonchev–Trinajstić information content (AvgIpc) is 3.35. The molecule has 33 heavy (non-hydrogen) atoms. The van der Waals surface area contributed by atoms with Crippen LogP contribution in [0.1, 0.15) is 78.6 Å². The number of carbonyl (C=O) groups excluding carboxylic acids is 1. The van der Waals surface area contributed by atoms with E-state index in [0.29, 0.717) is 19.3 Å². The molecular weight excluding hydrogens is 454 g/mol. The number of hydrogen-bond donors (Lipinski definition) is 0. The SMILES string of the molecule is CCC(C)(C)C(=O)OC.FC(F)(F)C(CC1CC2CCC1C2)(OC1CCCCO1)C(F)(F)F. The number of alkyl halides is 6. The predicted molar refractivity (Wildman–Crippen MR) is 109 cm³/mol. The number of methoxy groups -OCH3 is 1. The number of rotatable bonds is 6. The van der Waals surface area contributed by atoms with Gasteiger partial charge in [0.25, 0.3) is 5.60 Å². The highest BCUT2D eigenvalue weighted by Crippen LogP contribution is 2.57. The maximum Gasteiger partial charge on any atom is 0.426 e. The van der Waals surface area contributed by atoms with E-state index in [-0.39, 0.29) is 36.2 Å². The third-order valence-electron chi connectivity index (χ3n) is 7.44. The van der Waals surface area contributed by atoms with E-state index in [1.807, 2.05) is 20.8 Å². The Kier molecular flexibility index (Phi) is 9.15. The van der Waals surface area contributed by atoms with Gasteiger partial charge >= 0.3 is 18.3 Å². The van der Waals surface area contributed by atoms with Gasteiger partial charge in [-0.05, 0) is 83.0 Å². The topological polar surface area (TPSA) is 44.8 Å². The van der Waals surface area contributed by atoms with E-state index in [1.165, 1.54) is 7.11 Å². The van der Waals surface area contributed by atoms with Crippen molar-refractivity contribution in [2.45, 2.75) is 103 Å². The molecule has 3 aliphatic rings. The van der Waals surface area contributed by atoms with Gasteiger partial charge in [-0.2, -0.15) is 26.3 Å². The lowest BCUT2D eigenvalue weighted by molar-refractivity contribution is -0.416. The Morgan fingerprint density at radius 3 is 1.97 bits per heavy atom. The molecule has 0 spiro atoms. The lowest BCUT2D eigenvalue weighted by atomic mass is 9.79. The number of fused-ring (bicyclic) bond motifs is 2. The van der Waals surface area contributed by atoms with Crippen molar-refractivity contribution in [3.8, 4) is 0 Å². The Labute approximate surface area is 191 Å². The first-order valence-corrected chi connectivity index (χ1v) is 11.7. The van der Waals surface area contributed by atoms with Crippen molar-refractivity contribution in [1.29, 1.82) is 0 Å². The summed E-state index contributed by atoms with van der Waals surface area (Å²) in [5.74, 6) is -0.499. The molecular formula is C23H36F6O4. The van der Waals surface area contributed by atoms with Gasteiger partial charge in [-0.25, -0.2) is 0 Å². The molecule has 10 heteroatoms. The minimum atomic E-state index is -5.52. The van der Waals surface area contributed by atoms with Gasteiger partial charge in [0.15, 0.2) is 6.29 Å². The third-order valence-corrected chi connectivity index (χ3v) is 7.44. The number of carbonyl (C=O) groups is 1. The molecule has 4 nitrogen and oxygen atoms in total. The van der Waals surface area contributed by atoms with Crippen molar-refractivity contribution in [3.05, 3.63) is 0 Å². The van der Waals surface area contributed by atoms with E-state index in [2.05, 4.69) is 4.74 Å². The van der Waals surface area contributed by atoms with Crippen molar-refractivity contribution >= 4 is 5.97 Å². The van der Waals surface area contributed by atoms with Crippen LogP contribution in [0.3, 0.4) is 0 Å². The molecule has 0 aromatic carbocycles. The molecule has 2 bridgehead atoms. The van der Waals surface area contributed by atoms with Gasteiger partial charge in [-0.3, -0.25) is 4.79 Å². The monoisotopic (exact) mass is 490 g/mol. The zero-order valence-corrected chi connectivity index (χ0v) is 19.8. The Morgan fingerprint density at radius 1 is 0.970 bits per heavy atom. The lowest BCUT2D eigenvalue weighted by Crippen LogP contribution is -2.61. The van der Waals surface area contributed by atoms with Gasteiger partial charge in [0.2, 0.25) is 0 Å². The zero-order chi connectivity index (χ0) is 25.1. The maximum absolute atomic E-state index is 13.6. The van der Waals surface area contributed by atoms with Crippen LogP contribution in [0, 0.1) is 23.2 Å². The summed E-state index contributed by atoms with van der Waals surface area (Å²) < 4.78 is 96.0. The number of esters is 1. The molecule has 1 heterocycles. The normalized spacial score (nSPS) is 28.3. The highest BCUT2D eigenvalue weighted by molar-refractivity contribution is 5.75. The van der Waals surface area contributed by atoms with Crippen molar-refractivity contribution in [2.24, 2.45) is 23.2 Å². The number of ether oxygens (including phenoxy) is 3. The molecule has 0 amide bonds. The first-order chi connectivity index (χ1) is 15.2. The standard InChI is InChI=1S/C16H22F6O2.C7H14O2/c17-15(18,19)14(16(20,21)22,24-13-3-1-2-6-23-13)9-12-8-10-4-5-11(12)7-10;1-5-7(2,3)6(8)9-4/h10-13H,1-9H2;5H2,1-4H3. The fraction of sp³-hybridized carbons (Fsp3) is 0.957. The first kappa shape index (κ1) is 28.2. The van der Waals surface area contributed by atoms with Gasteiger partial charge in [0, 0.05) is 6.61 Å². The summed E-state index contributed by atoms with van der Waals surface area (Å²) in [5, 5.41) is 0. The second-order valence-electron chi connectivity index (χ2n) is 10.1. The molecule has 1 saturated heterocycles. The van der Waals surface area contributed by atoms with Crippen LogP contribution in [0.2, 0.25) is 0 Å². The lowest BCUT2D eigenvalue weighted by Gasteiger charge is -2.42. The molecule has 4 atom stereocenters. The highest BCUT2D eigenvalue weighted by atomic mass is 19.4. The van der Waals surface area contributed by atoms with E-state index in [0.717, 1.165) is 25.7 Å². The zero-order valence-electron chi connectivity index (χ0n) is 19.8. The van der Waals surface area contributed by atoms with Crippen LogP contribution >= 0.6 is 0 Å². The first-order valence-electron chi connectivity index (χ1n) is 11.7. The quantitative estimate of drug-likeness (QED) is 0.303. The summed E-state index contributed by atoms with van der Waals surface area (Å²) in [5.41, 5.74) is -4.44. The average molecular weight is 491 g/mol. The molecule has 0 N–H and O–H groups in total. The summed E-state index contributed by atoms with van der Waals surface area (Å²) in [7, 11) is 1.42. The molecule has 2 aliphatic carbocycles. The third kappa shape index (κ3) is 6.55. The predicted octanol–water partition coefficient (Wildman–Crippen LogP) is 6.81. The maximum atomic E-state index is 13.6. The fourth-order valence-corrected chi connectivity index (χ4v) is 5.02. The van der Waals surface area contributed by atoms with Crippen molar-refractivity contribution in [2.75, 3.05) is 13.7 Å². The summed E-state index contributed by atoms with van der Waals surface area (Å²) in [6.45, 7) is 5.85. The Balaban J connectivity index is 0.000000365. The molecule has 1 aliphatic heterocycles. The van der Waals surface area contributed by atoms with Gasteiger partial charge < -0.3 is 14.2 Å². The van der Waals surface area contributed by atoms with Crippen LogP contribution in [0.4, 0.5) is 26.3 Å². The molecule has 0 aromatic heterocycles. The Hall–Kier alpha value is -1.03. The van der Waals surface area contributed by atoms with Crippen LogP contribution in [0.15, 0.2) is 0 Å². The highest BCUT2D eigenvalue weighted by Gasteiger charge is 2.73. The van der Waals surface area contributed by atoms with Gasteiger partial charge in [0.05, 0.1) is 12.5 Å². The van der Waals surface area contributed by atoms with Gasteiger partial charge in [-0.15, -0.1) is 0 Å². The van der Waals surface area contributed by atoms with Crippen LogP contribution < -0.4 is 0 Å². The van der Waals surface area contributed by atoms with E-state index in [4.69, 9.17) is 9.47 Å². The number of halogens is 6. The molecule has 2 saturated carbocycles. The molecule has 0 radical (unpaired) electrons. The van der Waals surface area contributed by atoms with E-state index in [1.54, 1.807) is 0 Å². The van der Waals surface area contributed by atoms with E-state index in [9.17, 15) is 31.1 Å². The molecule has 194 valence electrons. The summed E-state index contributed by atoms with van der Waals surface area (Å²) in [6.07, 6.45) is -8.70.